The predicted octanol–water partition coefficient (Wildman–Crippen LogP) is 1.71. The number of H-pyrrole nitrogens is 1. The molecular weight excluding hydrogens is 256 g/mol. The molecule has 0 bridgehead atoms. The highest BCUT2D eigenvalue weighted by Gasteiger charge is 2.09. The van der Waals surface area contributed by atoms with Crippen molar-refractivity contribution in [1.29, 1.82) is 0 Å². The molecule has 0 amide bonds. The summed E-state index contributed by atoms with van der Waals surface area (Å²) in [4.78, 5) is 28.4. The first-order valence-corrected chi connectivity index (χ1v) is 5.50. The van der Waals surface area contributed by atoms with E-state index >= 15 is 0 Å². The Labute approximate surface area is 107 Å². The first kappa shape index (κ1) is 12.3. The van der Waals surface area contributed by atoms with Crippen molar-refractivity contribution in [2.75, 3.05) is 0 Å². The van der Waals surface area contributed by atoms with Crippen molar-refractivity contribution in [2.45, 2.75) is 6.42 Å². The maximum atomic E-state index is 11.4. The van der Waals surface area contributed by atoms with E-state index < -0.39 is 11.5 Å². The largest absolute Gasteiger partial charge is 0.477 e. The lowest BCUT2D eigenvalue weighted by Crippen LogP contribution is -2.20. The average molecular weight is 265 g/mol. The molecule has 1 aromatic carbocycles. The van der Waals surface area contributed by atoms with E-state index in [9.17, 15) is 9.59 Å². The quantitative estimate of drug-likeness (QED) is 0.884. The number of rotatable bonds is 3. The predicted molar refractivity (Wildman–Crippen MR) is 66.1 cm³/mol. The number of hydrogen-bond acceptors (Lipinski definition) is 3. The number of hydrogen-bond donors (Lipinski definition) is 2. The summed E-state index contributed by atoms with van der Waals surface area (Å²) in [5.74, 6) is -0.898. The molecule has 1 aromatic heterocycles. The Hall–Kier alpha value is -2.14. The molecule has 2 N–H and O–H groups in total. The van der Waals surface area contributed by atoms with Crippen LogP contribution in [0.3, 0.4) is 0 Å². The molecule has 0 atom stereocenters. The molecule has 0 aliphatic rings. The van der Waals surface area contributed by atoms with E-state index in [0.29, 0.717) is 17.3 Å². The normalized spacial score (nSPS) is 10.3. The van der Waals surface area contributed by atoms with Gasteiger partial charge in [0.1, 0.15) is 11.4 Å². The number of aromatic nitrogens is 2. The smallest absolute Gasteiger partial charge is 0.342 e. The Morgan fingerprint density at radius 3 is 2.83 bits per heavy atom. The summed E-state index contributed by atoms with van der Waals surface area (Å²) in [7, 11) is 0. The Kier molecular flexibility index (Phi) is 3.43. The van der Waals surface area contributed by atoms with Gasteiger partial charge in [0.25, 0.3) is 5.56 Å². The Bertz CT molecular complexity index is 652. The van der Waals surface area contributed by atoms with Gasteiger partial charge in [0.2, 0.25) is 0 Å². The van der Waals surface area contributed by atoms with Crippen molar-refractivity contribution < 1.29 is 9.90 Å². The minimum atomic E-state index is -1.29. The van der Waals surface area contributed by atoms with Crippen LogP contribution in [0, 0.1) is 0 Å². The van der Waals surface area contributed by atoms with E-state index in [1.54, 1.807) is 18.2 Å². The van der Waals surface area contributed by atoms with Gasteiger partial charge in [0, 0.05) is 17.6 Å². The van der Waals surface area contributed by atoms with Crippen molar-refractivity contribution in [3.8, 4) is 0 Å². The van der Waals surface area contributed by atoms with Crippen LogP contribution in [0.5, 0.6) is 0 Å². The fraction of sp³-hybridized carbons (Fsp3) is 0.0833. The first-order chi connectivity index (χ1) is 8.56. The molecule has 0 radical (unpaired) electrons. The van der Waals surface area contributed by atoms with Crippen molar-refractivity contribution in [3.05, 3.63) is 62.8 Å². The molecule has 0 spiro atoms. The standard InChI is InChI=1S/C12H9ClN2O3/c13-8-3-1-2-7(4-8)5-10-14-6-9(12(17)18)11(16)15-10/h1-4,6H,5H2,(H,17,18)(H,14,15,16). The van der Waals surface area contributed by atoms with Gasteiger partial charge in [-0.2, -0.15) is 0 Å². The lowest BCUT2D eigenvalue weighted by Gasteiger charge is -2.02. The van der Waals surface area contributed by atoms with Crippen LogP contribution < -0.4 is 5.56 Å². The summed E-state index contributed by atoms with van der Waals surface area (Å²) >= 11 is 5.84. The second-order valence-electron chi connectivity index (χ2n) is 3.68. The summed E-state index contributed by atoms with van der Waals surface area (Å²) in [6.45, 7) is 0. The van der Waals surface area contributed by atoms with Crippen LogP contribution >= 0.6 is 11.6 Å². The molecule has 2 rings (SSSR count). The van der Waals surface area contributed by atoms with Gasteiger partial charge in [-0.25, -0.2) is 9.78 Å². The molecule has 18 heavy (non-hydrogen) atoms. The zero-order valence-electron chi connectivity index (χ0n) is 9.18. The molecule has 92 valence electrons. The van der Waals surface area contributed by atoms with Crippen LogP contribution in [-0.2, 0) is 6.42 Å². The summed E-state index contributed by atoms with van der Waals surface area (Å²) in [5.41, 5.74) is -0.145. The second-order valence-corrected chi connectivity index (χ2v) is 4.12. The maximum Gasteiger partial charge on any atom is 0.342 e. The number of carboxylic acids is 1. The van der Waals surface area contributed by atoms with Gasteiger partial charge in [-0.1, -0.05) is 23.7 Å². The molecule has 6 heteroatoms. The molecule has 0 fully saturated rings. The van der Waals surface area contributed by atoms with Crippen LogP contribution in [0.25, 0.3) is 0 Å². The molecule has 1 heterocycles. The third-order valence-electron chi connectivity index (χ3n) is 2.34. The lowest BCUT2D eigenvalue weighted by molar-refractivity contribution is 0.0694. The average Bonchev–Trinajstić information content (AvgIpc) is 2.28. The summed E-state index contributed by atoms with van der Waals surface area (Å²) in [6, 6.07) is 7.14. The van der Waals surface area contributed by atoms with E-state index in [1.165, 1.54) is 0 Å². The Morgan fingerprint density at radius 2 is 2.22 bits per heavy atom. The molecular formula is C12H9ClN2O3. The highest BCUT2D eigenvalue weighted by atomic mass is 35.5. The topological polar surface area (TPSA) is 83.0 Å². The number of carbonyl (C=O) groups is 1. The van der Waals surface area contributed by atoms with Gasteiger partial charge in [-0.05, 0) is 17.7 Å². The fourth-order valence-corrected chi connectivity index (χ4v) is 1.73. The van der Waals surface area contributed by atoms with E-state index in [2.05, 4.69) is 9.97 Å². The molecule has 2 aromatic rings. The van der Waals surface area contributed by atoms with Gasteiger partial charge < -0.3 is 10.1 Å². The monoisotopic (exact) mass is 264 g/mol. The zero-order chi connectivity index (χ0) is 13.1. The Morgan fingerprint density at radius 1 is 1.44 bits per heavy atom. The minimum Gasteiger partial charge on any atom is -0.477 e. The summed E-state index contributed by atoms with van der Waals surface area (Å²) in [5, 5.41) is 9.30. The number of nitrogens with one attached hydrogen (secondary N) is 1. The molecule has 5 nitrogen and oxygen atoms in total. The van der Waals surface area contributed by atoms with Gasteiger partial charge in [0.15, 0.2) is 0 Å². The minimum absolute atomic E-state index is 0.371. The third kappa shape index (κ3) is 2.75. The highest BCUT2D eigenvalue weighted by Crippen LogP contribution is 2.12. The van der Waals surface area contributed by atoms with E-state index in [-0.39, 0.29) is 5.56 Å². The van der Waals surface area contributed by atoms with E-state index in [4.69, 9.17) is 16.7 Å². The number of nitrogens with zero attached hydrogens (tertiary/aromatic N) is 1. The van der Waals surface area contributed by atoms with Gasteiger partial charge in [-0.3, -0.25) is 4.79 Å². The van der Waals surface area contributed by atoms with Crippen LogP contribution in [0.15, 0.2) is 35.3 Å². The molecule has 0 saturated heterocycles. The van der Waals surface area contributed by atoms with Crippen molar-refractivity contribution in [1.82, 2.24) is 9.97 Å². The number of aromatic carboxylic acids is 1. The lowest BCUT2D eigenvalue weighted by atomic mass is 10.1. The highest BCUT2D eigenvalue weighted by molar-refractivity contribution is 6.30. The van der Waals surface area contributed by atoms with Crippen molar-refractivity contribution in [3.63, 3.8) is 0 Å². The van der Waals surface area contributed by atoms with Crippen molar-refractivity contribution >= 4 is 17.6 Å². The van der Waals surface area contributed by atoms with Crippen LogP contribution in [0.2, 0.25) is 5.02 Å². The van der Waals surface area contributed by atoms with Gasteiger partial charge in [0.05, 0.1) is 0 Å². The number of halogens is 1. The SMILES string of the molecule is O=C(O)c1cnc(Cc2cccc(Cl)c2)[nH]c1=O. The second kappa shape index (κ2) is 5.01. The Balaban J connectivity index is 2.28. The number of benzene rings is 1. The molecule has 0 aliphatic carbocycles. The van der Waals surface area contributed by atoms with Crippen LogP contribution in [0.1, 0.15) is 21.7 Å². The summed E-state index contributed by atoms with van der Waals surface area (Å²) < 4.78 is 0. The van der Waals surface area contributed by atoms with E-state index in [0.717, 1.165) is 11.8 Å². The van der Waals surface area contributed by atoms with E-state index in [1.807, 2.05) is 6.07 Å². The zero-order valence-corrected chi connectivity index (χ0v) is 9.94. The summed E-state index contributed by atoms with van der Waals surface area (Å²) in [6.07, 6.45) is 1.44. The molecule has 0 saturated carbocycles. The molecule has 0 aliphatic heterocycles. The van der Waals surface area contributed by atoms with Crippen molar-refractivity contribution in [2.24, 2.45) is 0 Å². The number of carboxylic acid groups (broad SMARTS) is 1. The maximum absolute atomic E-state index is 11.4. The van der Waals surface area contributed by atoms with Crippen LogP contribution in [-0.4, -0.2) is 21.0 Å². The first-order valence-electron chi connectivity index (χ1n) is 5.12. The number of aromatic amines is 1. The van der Waals surface area contributed by atoms with Gasteiger partial charge in [-0.15, -0.1) is 0 Å². The fourth-order valence-electron chi connectivity index (χ4n) is 1.51. The third-order valence-corrected chi connectivity index (χ3v) is 2.58. The molecule has 0 unspecified atom stereocenters. The van der Waals surface area contributed by atoms with Crippen LogP contribution in [0.4, 0.5) is 0 Å². The van der Waals surface area contributed by atoms with Gasteiger partial charge >= 0.3 is 5.97 Å².